The van der Waals surface area contributed by atoms with E-state index >= 15 is 0 Å². The molecule has 2 aromatic heterocycles. The summed E-state index contributed by atoms with van der Waals surface area (Å²) in [6.07, 6.45) is 0. The van der Waals surface area contributed by atoms with E-state index in [0.29, 0.717) is 10.4 Å². The highest BCUT2D eigenvalue weighted by Gasteiger charge is 2.22. The normalized spacial score (nSPS) is 11.3. The molecule has 4 aromatic rings. The lowest BCUT2D eigenvalue weighted by Crippen LogP contribution is -2.43. The highest BCUT2D eigenvalue weighted by atomic mass is 35.5. The van der Waals surface area contributed by atoms with Gasteiger partial charge in [-0.05, 0) is 23.6 Å². The maximum absolute atomic E-state index is 13.7. The number of halogens is 4. The molecule has 0 atom stereocenters. The van der Waals surface area contributed by atoms with Gasteiger partial charge in [0.25, 0.3) is 5.56 Å². The first kappa shape index (κ1) is 29.1. The van der Waals surface area contributed by atoms with Crippen molar-refractivity contribution >= 4 is 23.2 Å². The average molecular weight is 594 g/mol. The zero-order valence-corrected chi connectivity index (χ0v) is 23.0. The summed E-state index contributed by atoms with van der Waals surface area (Å²) in [6.45, 7) is -0.0155. The topological polar surface area (TPSA) is 110 Å². The van der Waals surface area contributed by atoms with Crippen LogP contribution in [0.5, 0.6) is 17.5 Å². The maximum Gasteiger partial charge on any atom is 0.354 e. The van der Waals surface area contributed by atoms with Gasteiger partial charge in [-0.2, -0.15) is 18.6 Å². The van der Waals surface area contributed by atoms with Crippen molar-refractivity contribution in [1.82, 2.24) is 24.5 Å². The Morgan fingerprint density at radius 1 is 1.00 bits per heavy atom. The second-order valence-electron chi connectivity index (χ2n) is 8.72. The molecule has 40 heavy (non-hydrogen) atoms. The van der Waals surface area contributed by atoms with E-state index in [1.807, 2.05) is 19.9 Å². The number of benzene rings is 2. The Morgan fingerprint density at radius 3 is 2.27 bits per heavy atom. The van der Waals surface area contributed by atoms with Crippen molar-refractivity contribution in [2.45, 2.75) is 39.7 Å². The van der Waals surface area contributed by atoms with E-state index in [2.05, 4.69) is 15.3 Å². The van der Waals surface area contributed by atoms with Gasteiger partial charge in [0.1, 0.15) is 6.73 Å². The molecule has 0 unspecified atom stereocenters. The van der Waals surface area contributed by atoms with Crippen molar-refractivity contribution < 1.29 is 23.0 Å². The van der Waals surface area contributed by atoms with Crippen molar-refractivity contribution in [2.75, 3.05) is 7.11 Å². The summed E-state index contributed by atoms with van der Waals surface area (Å²) in [5, 5.41) is 11.4. The molecule has 10 nitrogen and oxygen atoms in total. The summed E-state index contributed by atoms with van der Waals surface area (Å²) < 4.78 is 44.2. The van der Waals surface area contributed by atoms with Crippen LogP contribution in [-0.4, -0.2) is 31.7 Å². The third kappa shape index (κ3) is 6.30. The van der Waals surface area contributed by atoms with Crippen LogP contribution in [0.4, 0.5) is 8.78 Å². The van der Waals surface area contributed by atoms with Crippen LogP contribution < -0.4 is 20.7 Å². The fourth-order valence-corrected chi connectivity index (χ4v) is 4.24. The minimum Gasteiger partial charge on any atom is -0.480 e. The first-order valence-corrected chi connectivity index (χ1v) is 12.6. The number of rotatable bonds is 10. The van der Waals surface area contributed by atoms with E-state index in [0.717, 1.165) is 11.1 Å². The van der Waals surface area contributed by atoms with Crippen LogP contribution in [0, 0.1) is 0 Å². The predicted octanol–water partition coefficient (Wildman–Crippen LogP) is 5.66. The van der Waals surface area contributed by atoms with Gasteiger partial charge in [0, 0.05) is 17.2 Å². The van der Waals surface area contributed by atoms with Gasteiger partial charge in [0.15, 0.2) is 11.4 Å². The highest BCUT2D eigenvalue weighted by molar-refractivity contribution is 6.37. The summed E-state index contributed by atoms with van der Waals surface area (Å²) in [4.78, 5) is 25.8. The van der Waals surface area contributed by atoms with Crippen molar-refractivity contribution in [2.24, 2.45) is 0 Å². The number of hydrogen-bond donors (Lipinski definition) is 0. The van der Waals surface area contributed by atoms with Crippen molar-refractivity contribution in [3.05, 3.63) is 90.5 Å². The van der Waals surface area contributed by atoms with Crippen LogP contribution in [0.25, 0.3) is 11.3 Å². The second kappa shape index (κ2) is 12.5. The maximum atomic E-state index is 13.7. The van der Waals surface area contributed by atoms with Gasteiger partial charge in [-0.25, -0.2) is 9.36 Å². The second-order valence-corrected chi connectivity index (χ2v) is 9.54. The number of hydrogen-bond acceptors (Lipinski definition) is 8. The molecule has 14 heteroatoms. The Balaban J connectivity index is 1.69. The zero-order chi connectivity index (χ0) is 29.0. The van der Waals surface area contributed by atoms with Gasteiger partial charge >= 0.3 is 12.2 Å². The summed E-state index contributed by atoms with van der Waals surface area (Å²) >= 11 is 12.8. The van der Waals surface area contributed by atoms with Crippen LogP contribution in [0.15, 0.2) is 58.1 Å². The molecule has 210 valence electrons. The number of aromatic nitrogens is 5. The van der Waals surface area contributed by atoms with Crippen molar-refractivity contribution in [3.8, 4) is 28.8 Å². The zero-order valence-electron chi connectivity index (χ0n) is 21.5. The number of methoxy groups -OCH3 is 1. The van der Waals surface area contributed by atoms with E-state index in [1.54, 1.807) is 30.3 Å². The standard InChI is InChI=1S/C26H23Cl2F2N5O5/c1-14(2)17-11-20(31-32-23(17)38-3)40-22-18(27)9-16(10-19(22)28)21-24(36)34(26(37)35(33-21)25(29)30)13-39-12-15-7-5-4-6-8-15/h4-11,14,25H,12-13H2,1-3H3. The minimum atomic E-state index is -3.33. The van der Waals surface area contributed by atoms with Gasteiger partial charge in [-0.3, -0.25) is 4.79 Å². The van der Waals surface area contributed by atoms with Crippen molar-refractivity contribution in [3.63, 3.8) is 0 Å². The van der Waals surface area contributed by atoms with Gasteiger partial charge in [-0.1, -0.05) is 67.4 Å². The molecular weight excluding hydrogens is 571 g/mol. The van der Waals surface area contributed by atoms with E-state index in [9.17, 15) is 18.4 Å². The number of alkyl halides is 2. The van der Waals surface area contributed by atoms with Crippen LogP contribution in [-0.2, 0) is 18.1 Å². The molecule has 0 radical (unpaired) electrons. The van der Waals surface area contributed by atoms with E-state index in [-0.39, 0.29) is 44.4 Å². The van der Waals surface area contributed by atoms with Crippen LogP contribution >= 0.6 is 23.2 Å². The van der Waals surface area contributed by atoms with Crippen LogP contribution in [0.2, 0.25) is 10.0 Å². The molecule has 0 saturated heterocycles. The lowest BCUT2D eigenvalue weighted by Gasteiger charge is -2.15. The average Bonchev–Trinajstić information content (AvgIpc) is 2.92. The monoisotopic (exact) mass is 593 g/mol. The molecular formula is C26H23Cl2F2N5O5. The van der Waals surface area contributed by atoms with Gasteiger partial charge in [0.05, 0.1) is 23.8 Å². The Labute approximate surface area is 236 Å². The van der Waals surface area contributed by atoms with Gasteiger partial charge < -0.3 is 14.2 Å². The number of nitrogens with zero attached hydrogens (tertiary/aromatic N) is 5. The fraction of sp³-hybridized carbons (Fsp3) is 0.269. The Bertz CT molecular complexity index is 1610. The van der Waals surface area contributed by atoms with E-state index < -0.39 is 30.2 Å². The molecule has 0 saturated carbocycles. The summed E-state index contributed by atoms with van der Waals surface area (Å²) in [6, 6.07) is 13.0. The molecule has 0 fully saturated rings. The van der Waals surface area contributed by atoms with E-state index in [1.165, 1.54) is 19.2 Å². The Hall–Kier alpha value is -3.87. The number of ether oxygens (including phenoxy) is 3. The molecule has 0 amide bonds. The van der Waals surface area contributed by atoms with Gasteiger partial charge in [-0.15, -0.1) is 10.2 Å². The lowest BCUT2D eigenvalue weighted by atomic mass is 10.1. The Kier molecular flexibility index (Phi) is 9.13. The first-order chi connectivity index (χ1) is 19.1. The molecule has 2 heterocycles. The summed E-state index contributed by atoms with van der Waals surface area (Å²) in [5.41, 5.74) is -1.35. The van der Waals surface area contributed by atoms with Crippen LogP contribution in [0.3, 0.4) is 0 Å². The third-order valence-corrected chi connectivity index (χ3v) is 6.22. The SMILES string of the molecule is COc1nnc(Oc2c(Cl)cc(-c3nn(C(F)F)c(=O)n(COCc4ccccc4)c3=O)cc2Cl)cc1C(C)C. The lowest BCUT2D eigenvalue weighted by molar-refractivity contribution is 0.0315. The summed E-state index contributed by atoms with van der Waals surface area (Å²) in [5.74, 6) is 0.425. The van der Waals surface area contributed by atoms with Crippen LogP contribution in [0.1, 0.15) is 37.4 Å². The first-order valence-electron chi connectivity index (χ1n) is 11.8. The molecule has 0 bridgehead atoms. The quantitative estimate of drug-likeness (QED) is 0.231. The van der Waals surface area contributed by atoms with Gasteiger partial charge in [0.2, 0.25) is 11.8 Å². The minimum absolute atomic E-state index is 0.0186. The third-order valence-electron chi connectivity index (χ3n) is 5.66. The molecule has 0 N–H and O–H groups in total. The Morgan fingerprint density at radius 2 is 1.68 bits per heavy atom. The molecule has 0 aliphatic heterocycles. The molecule has 0 aliphatic carbocycles. The molecule has 2 aromatic carbocycles. The fourth-order valence-electron chi connectivity index (χ4n) is 3.68. The van der Waals surface area contributed by atoms with Crippen molar-refractivity contribution in [1.29, 1.82) is 0 Å². The van der Waals surface area contributed by atoms with E-state index in [4.69, 9.17) is 37.4 Å². The molecule has 0 aliphatic rings. The largest absolute Gasteiger partial charge is 0.480 e. The predicted molar refractivity (Wildman–Crippen MR) is 143 cm³/mol. The summed E-state index contributed by atoms with van der Waals surface area (Å²) in [7, 11) is 1.47. The molecule has 0 spiro atoms. The molecule has 4 rings (SSSR count). The smallest absolute Gasteiger partial charge is 0.354 e. The highest BCUT2D eigenvalue weighted by Crippen LogP contribution is 2.39.